The molecule has 0 aromatic carbocycles. The first-order valence-corrected chi connectivity index (χ1v) is 6.70. The van der Waals surface area contributed by atoms with E-state index in [1.165, 1.54) is 0 Å². The Morgan fingerprint density at radius 3 is 2.72 bits per heavy atom. The minimum absolute atomic E-state index is 0.273. The molecule has 1 aromatic heterocycles. The molecule has 0 amide bonds. The van der Waals surface area contributed by atoms with E-state index in [1.54, 1.807) is 6.20 Å². The van der Waals surface area contributed by atoms with Crippen molar-refractivity contribution in [1.82, 2.24) is 10.3 Å². The molecule has 1 N–H and O–H groups in total. The van der Waals surface area contributed by atoms with Crippen molar-refractivity contribution < 1.29 is 9.47 Å². The van der Waals surface area contributed by atoms with Gasteiger partial charge in [-0.2, -0.15) is 0 Å². The fourth-order valence-corrected chi connectivity index (χ4v) is 1.85. The highest BCUT2D eigenvalue weighted by atomic mass is 16.5. The van der Waals surface area contributed by atoms with E-state index in [0.29, 0.717) is 6.61 Å². The summed E-state index contributed by atoms with van der Waals surface area (Å²) in [4.78, 5) is 4.23. The highest BCUT2D eigenvalue weighted by Gasteiger charge is 2.11. The van der Waals surface area contributed by atoms with Crippen molar-refractivity contribution in [1.29, 1.82) is 0 Å². The van der Waals surface area contributed by atoms with E-state index in [4.69, 9.17) is 9.47 Å². The molecule has 4 nitrogen and oxygen atoms in total. The summed E-state index contributed by atoms with van der Waals surface area (Å²) in [5, 5.41) is 3.45. The van der Waals surface area contributed by atoms with Crippen molar-refractivity contribution in [2.75, 3.05) is 26.4 Å². The van der Waals surface area contributed by atoms with E-state index in [9.17, 15) is 0 Å². The normalized spacial score (nSPS) is 12.4. The molecule has 0 fully saturated rings. The van der Waals surface area contributed by atoms with Gasteiger partial charge in [-0.1, -0.05) is 6.92 Å². The smallest absolute Gasteiger partial charge is 0.137 e. The van der Waals surface area contributed by atoms with Gasteiger partial charge in [0.05, 0.1) is 12.8 Å². The predicted octanol–water partition coefficient (Wildman–Crippen LogP) is 2.56. The van der Waals surface area contributed by atoms with E-state index in [0.717, 1.165) is 37.5 Å². The van der Waals surface area contributed by atoms with Crippen LogP contribution in [0.2, 0.25) is 0 Å². The topological polar surface area (TPSA) is 43.4 Å². The van der Waals surface area contributed by atoms with Crippen LogP contribution >= 0.6 is 0 Å². The summed E-state index contributed by atoms with van der Waals surface area (Å²) in [6.07, 6.45) is 4.58. The van der Waals surface area contributed by atoms with Crippen molar-refractivity contribution in [3.63, 3.8) is 0 Å². The van der Waals surface area contributed by atoms with Gasteiger partial charge in [0.1, 0.15) is 5.75 Å². The molecule has 0 radical (unpaired) electrons. The quantitative estimate of drug-likeness (QED) is 0.686. The molecule has 4 heteroatoms. The Labute approximate surface area is 110 Å². The zero-order valence-corrected chi connectivity index (χ0v) is 11.6. The first kappa shape index (κ1) is 14.9. The summed E-state index contributed by atoms with van der Waals surface area (Å²) in [5.74, 6) is 0.828. The SMILES string of the molecule is CCNC(CCOCC)c1cncc(OCC)c1. The second kappa shape index (κ2) is 8.89. The highest BCUT2D eigenvalue weighted by Crippen LogP contribution is 2.20. The average Bonchev–Trinajstić information content (AvgIpc) is 2.39. The van der Waals surface area contributed by atoms with Crippen LogP contribution in [0.4, 0.5) is 0 Å². The van der Waals surface area contributed by atoms with Gasteiger partial charge in [-0.3, -0.25) is 4.98 Å². The van der Waals surface area contributed by atoms with E-state index in [2.05, 4.69) is 23.3 Å². The highest BCUT2D eigenvalue weighted by molar-refractivity contribution is 5.26. The fourth-order valence-electron chi connectivity index (χ4n) is 1.85. The molecule has 1 rings (SSSR count). The number of hydrogen-bond acceptors (Lipinski definition) is 4. The molecule has 0 saturated heterocycles. The molecular formula is C14H24N2O2. The van der Waals surface area contributed by atoms with Crippen LogP contribution in [0.15, 0.2) is 18.5 Å². The Bertz CT molecular complexity index is 331. The van der Waals surface area contributed by atoms with Gasteiger partial charge in [0.15, 0.2) is 0 Å². The van der Waals surface area contributed by atoms with E-state index in [-0.39, 0.29) is 6.04 Å². The third-order valence-corrected chi connectivity index (χ3v) is 2.65. The molecule has 0 bridgehead atoms. The Balaban J connectivity index is 2.67. The summed E-state index contributed by atoms with van der Waals surface area (Å²) < 4.78 is 10.9. The molecule has 1 aromatic rings. The lowest BCUT2D eigenvalue weighted by Gasteiger charge is -2.18. The molecule has 102 valence electrons. The van der Waals surface area contributed by atoms with Crippen LogP contribution < -0.4 is 10.1 Å². The zero-order valence-electron chi connectivity index (χ0n) is 11.6. The molecule has 0 spiro atoms. The zero-order chi connectivity index (χ0) is 13.2. The second-order valence-electron chi connectivity index (χ2n) is 3.98. The Morgan fingerprint density at radius 1 is 1.22 bits per heavy atom. The van der Waals surface area contributed by atoms with Gasteiger partial charge in [-0.25, -0.2) is 0 Å². The van der Waals surface area contributed by atoms with Crippen molar-refractivity contribution in [2.45, 2.75) is 33.2 Å². The molecule has 0 aliphatic rings. The van der Waals surface area contributed by atoms with Crippen molar-refractivity contribution >= 4 is 0 Å². The van der Waals surface area contributed by atoms with Gasteiger partial charge in [0.25, 0.3) is 0 Å². The van der Waals surface area contributed by atoms with Crippen LogP contribution in [0, 0.1) is 0 Å². The summed E-state index contributed by atoms with van der Waals surface area (Å²) in [6.45, 7) is 9.20. The summed E-state index contributed by atoms with van der Waals surface area (Å²) >= 11 is 0. The number of nitrogens with one attached hydrogen (secondary N) is 1. The largest absolute Gasteiger partial charge is 0.492 e. The lowest BCUT2D eigenvalue weighted by Crippen LogP contribution is -2.22. The average molecular weight is 252 g/mol. The minimum atomic E-state index is 0.273. The number of nitrogens with zero attached hydrogens (tertiary/aromatic N) is 1. The molecule has 1 heterocycles. The van der Waals surface area contributed by atoms with Gasteiger partial charge in [0, 0.05) is 25.5 Å². The van der Waals surface area contributed by atoms with Crippen molar-refractivity contribution in [2.24, 2.45) is 0 Å². The summed E-state index contributed by atoms with van der Waals surface area (Å²) in [7, 11) is 0. The van der Waals surface area contributed by atoms with Crippen molar-refractivity contribution in [3.8, 4) is 5.75 Å². The molecule has 0 saturated carbocycles. The monoisotopic (exact) mass is 252 g/mol. The maximum atomic E-state index is 5.48. The Kier molecular flexibility index (Phi) is 7.37. The van der Waals surface area contributed by atoms with E-state index < -0.39 is 0 Å². The molecule has 18 heavy (non-hydrogen) atoms. The van der Waals surface area contributed by atoms with Gasteiger partial charge >= 0.3 is 0 Å². The van der Waals surface area contributed by atoms with Gasteiger partial charge < -0.3 is 14.8 Å². The number of aromatic nitrogens is 1. The van der Waals surface area contributed by atoms with E-state index >= 15 is 0 Å². The molecule has 1 unspecified atom stereocenters. The molecule has 0 aliphatic carbocycles. The number of ether oxygens (including phenoxy) is 2. The summed E-state index contributed by atoms with van der Waals surface area (Å²) in [5.41, 5.74) is 1.16. The minimum Gasteiger partial charge on any atom is -0.492 e. The number of rotatable bonds is 9. The Hall–Kier alpha value is -1.13. The lowest BCUT2D eigenvalue weighted by molar-refractivity contribution is 0.136. The first-order valence-electron chi connectivity index (χ1n) is 6.70. The van der Waals surface area contributed by atoms with Crippen LogP contribution in [0.3, 0.4) is 0 Å². The fraction of sp³-hybridized carbons (Fsp3) is 0.643. The maximum absolute atomic E-state index is 5.48. The molecule has 0 aliphatic heterocycles. The van der Waals surface area contributed by atoms with Crippen LogP contribution in [0.1, 0.15) is 38.8 Å². The third kappa shape index (κ3) is 5.02. The molecular weight excluding hydrogens is 228 g/mol. The number of hydrogen-bond donors (Lipinski definition) is 1. The van der Waals surface area contributed by atoms with Crippen LogP contribution in [0.5, 0.6) is 5.75 Å². The summed E-state index contributed by atoms with van der Waals surface area (Å²) in [6, 6.07) is 2.32. The molecule has 1 atom stereocenters. The first-order chi connectivity index (χ1) is 8.81. The van der Waals surface area contributed by atoms with Gasteiger partial charge in [-0.05, 0) is 38.4 Å². The second-order valence-corrected chi connectivity index (χ2v) is 3.98. The number of pyridine rings is 1. The van der Waals surface area contributed by atoms with Gasteiger partial charge in [0.2, 0.25) is 0 Å². The van der Waals surface area contributed by atoms with E-state index in [1.807, 2.05) is 20.0 Å². The lowest BCUT2D eigenvalue weighted by atomic mass is 10.1. The standard InChI is InChI=1S/C14H24N2O2/c1-4-16-14(7-8-17-5-2)12-9-13(18-6-3)11-15-10-12/h9-11,14,16H,4-8H2,1-3H3. The van der Waals surface area contributed by atoms with Crippen LogP contribution in [0.25, 0.3) is 0 Å². The van der Waals surface area contributed by atoms with Crippen LogP contribution in [-0.2, 0) is 4.74 Å². The maximum Gasteiger partial charge on any atom is 0.137 e. The third-order valence-electron chi connectivity index (χ3n) is 2.65. The van der Waals surface area contributed by atoms with Gasteiger partial charge in [-0.15, -0.1) is 0 Å². The Morgan fingerprint density at radius 2 is 2.06 bits per heavy atom. The van der Waals surface area contributed by atoms with Crippen molar-refractivity contribution in [3.05, 3.63) is 24.0 Å². The predicted molar refractivity (Wildman–Crippen MR) is 72.9 cm³/mol. The van der Waals surface area contributed by atoms with Crippen LogP contribution in [-0.4, -0.2) is 31.3 Å².